The first-order valence-corrected chi connectivity index (χ1v) is 7.78. The number of anilines is 1. The Morgan fingerprint density at radius 2 is 2.00 bits per heavy atom. The van der Waals surface area contributed by atoms with Crippen LogP contribution >= 0.6 is 0 Å². The molecule has 0 N–H and O–H groups in total. The minimum Gasteiger partial charge on any atom is -0.364 e. The second-order valence-corrected chi connectivity index (χ2v) is 6.20. The van der Waals surface area contributed by atoms with E-state index in [1.54, 1.807) is 0 Å². The van der Waals surface area contributed by atoms with Crippen molar-refractivity contribution in [3.8, 4) is 0 Å². The Kier molecular flexibility index (Phi) is 4.69. The summed E-state index contributed by atoms with van der Waals surface area (Å²) >= 11 is 0. The van der Waals surface area contributed by atoms with Gasteiger partial charge in [0, 0.05) is 17.6 Å². The van der Waals surface area contributed by atoms with Crippen LogP contribution in [0.5, 0.6) is 0 Å². The Balaban J connectivity index is 2.33. The maximum Gasteiger partial charge on any atom is 0.0568 e. The molecule has 0 bridgehead atoms. The molecule has 0 amide bonds. The summed E-state index contributed by atoms with van der Waals surface area (Å²) in [4.78, 5) is 2.57. The molecule has 0 radical (unpaired) electrons. The Morgan fingerprint density at radius 3 is 2.70 bits per heavy atom. The molecule has 0 saturated heterocycles. The lowest BCUT2D eigenvalue weighted by atomic mass is 9.80. The number of benzene rings is 1. The molecule has 0 saturated carbocycles. The number of hydrogen-bond donors (Lipinski definition) is 0. The molecule has 108 valence electrons. The molecule has 1 aliphatic heterocycles. The van der Waals surface area contributed by atoms with Crippen LogP contribution in [0.4, 0.5) is 5.69 Å². The Labute approximate surface area is 124 Å². The second-order valence-electron chi connectivity index (χ2n) is 6.20. The molecular weight excluding hydrogens is 242 g/mol. The van der Waals surface area contributed by atoms with Crippen molar-refractivity contribution in [2.24, 2.45) is 0 Å². The largest absolute Gasteiger partial charge is 0.364 e. The molecule has 1 atom stereocenters. The van der Waals surface area contributed by atoms with E-state index in [1.165, 1.54) is 30.5 Å². The first kappa shape index (κ1) is 14.9. The van der Waals surface area contributed by atoms with Crippen molar-refractivity contribution in [2.45, 2.75) is 51.5 Å². The van der Waals surface area contributed by atoms with E-state index >= 15 is 0 Å². The average molecular weight is 269 g/mol. The highest BCUT2D eigenvalue weighted by Gasteiger charge is 2.42. The Hall–Kier alpha value is -1.50. The van der Waals surface area contributed by atoms with Gasteiger partial charge in [0.05, 0.1) is 6.04 Å². The quantitative estimate of drug-likeness (QED) is 0.514. The third-order valence-corrected chi connectivity index (χ3v) is 4.41. The first-order chi connectivity index (χ1) is 9.62. The summed E-state index contributed by atoms with van der Waals surface area (Å²) in [5.74, 6) is 0. The normalized spacial score (nSPS) is 20.4. The zero-order valence-corrected chi connectivity index (χ0v) is 13.1. The van der Waals surface area contributed by atoms with Crippen LogP contribution in [0.15, 0.2) is 49.1 Å². The number of fused-ring (bicyclic) bond motifs is 1. The monoisotopic (exact) mass is 269 g/mol. The molecule has 0 aromatic heterocycles. The number of allylic oxidation sites excluding steroid dienone is 2. The van der Waals surface area contributed by atoms with Gasteiger partial charge >= 0.3 is 0 Å². The minimum atomic E-state index is 0.155. The van der Waals surface area contributed by atoms with Crippen LogP contribution in [0.3, 0.4) is 0 Å². The molecular formula is C19H27N. The Morgan fingerprint density at radius 1 is 1.25 bits per heavy atom. The zero-order chi connectivity index (χ0) is 14.6. The number of hydrogen-bond acceptors (Lipinski definition) is 1. The predicted octanol–water partition coefficient (Wildman–Crippen LogP) is 5.09. The summed E-state index contributed by atoms with van der Waals surface area (Å²) in [5.41, 5.74) is 3.03. The van der Waals surface area contributed by atoms with Crippen LogP contribution in [0, 0.1) is 0 Å². The lowest BCUT2D eigenvalue weighted by Gasteiger charge is -2.32. The van der Waals surface area contributed by atoms with E-state index in [2.05, 4.69) is 68.7 Å². The molecule has 1 unspecified atom stereocenters. The van der Waals surface area contributed by atoms with Gasteiger partial charge in [-0.25, -0.2) is 0 Å². The molecule has 1 heteroatoms. The second kappa shape index (κ2) is 6.30. The Bertz CT molecular complexity index is 484. The van der Waals surface area contributed by atoms with Gasteiger partial charge in [-0.1, -0.05) is 76.6 Å². The van der Waals surface area contributed by atoms with Gasteiger partial charge in [-0.2, -0.15) is 0 Å². The SMILES string of the molecule is C=CC=CC1N(CCCCC)c2ccccc2C1(C)C. The molecule has 0 spiro atoms. The van der Waals surface area contributed by atoms with Gasteiger partial charge in [-0.05, 0) is 18.1 Å². The van der Waals surface area contributed by atoms with Crippen molar-refractivity contribution in [1.29, 1.82) is 0 Å². The van der Waals surface area contributed by atoms with Crippen molar-refractivity contribution in [3.63, 3.8) is 0 Å². The molecule has 1 aromatic rings. The summed E-state index contributed by atoms with van der Waals surface area (Å²) in [7, 11) is 0. The standard InChI is InChI=1S/C19H27N/c1-5-7-11-15-20-17-13-10-9-12-16(17)19(3,4)18(20)14-8-6-2/h6,8-10,12-14,18H,2,5,7,11,15H2,1,3-4H3. The fourth-order valence-electron chi connectivity index (χ4n) is 3.29. The maximum atomic E-state index is 3.81. The van der Waals surface area contributed by atoms with Gasteiger partial charge in [0.15, 0.2) is 0 Å². The molecule has 0 aliphatic carbocycles. The molecule has 1 heterocycles. The summed E-state index contributed by atoms with van der Waals surface area (Å²) in [5, 5.41) is 0. The summed E-state index contributed by atoms with van der Waals surface area (Å²) in [6.07, 6.45) is 10.1. The number of nitrogens with zero attached hydrogens (tertiary/aromatic N) is 1. The van der Waals surface area contributed by atoms with Crippen molar-refractivity contribution < 1.29 is 0 Å². The van der Waals surface area contributed by atoms with E-state index < -0.39 is 0 Å². The van der Waals surface area contributed by atoms with Gasteiger partial charge in [-0.3, -0.25) is 0 Å². The summed E-state index contributed by atoms with van der Waals surface area (Å²) in [6, 6.07) is 9.29. The molecule has 1 aliphatic rings. The van der Waals surface area contributed by atoms with Crippen LogP contribution in [0.2, 0.25) is 0 Å². The van der Waals surface area contributed by atoms with Crippen molar-refractivity contribution >= 4 is 5.69 Å². The highest BCUT2D eigenvalue weighted by Crippen LogP contribution is 2.45. The minimum absolute atomic E-state index is 0.155. The smallest absolute Gasteiger partial charge is 0.0568 e. The van der Waals surface area contributed by atoms with E-state index in [9.17, 15) is 0 Å². The van der Waals surface area contributed by atoms with E-state index in [0.717, 1.165) is 6.54 Å². The van der Waals surface area contributed by atoms with E-state index in [1.807, 2.05) is 6.08 Å². The fourth-order valence-corrected chi connectivity index (χ4v) is 3.29. The third-order valence-electron chi connectivity index (χ3n) is 4.41. The van der Waals surface area contributed by atoms with Crippen LogP contribution in [0.1, 0.15) is 45.6 Å². The van der Waals surface area contributed by atoms with Gasteiger partial charge in [0.25, 0.3) is 0 Å². The predicted molar refractivity (Wildman–Crippen MR) is 89.5 cm³/mol. The van der Waals surface area contributed by atoms with Gasteiger partial charge < -0.3 is 4.90 Å². The van der Waals surface area contributed by atoms with E-state index in [4.69, 9.17) is 0 Å². The average Bonchev–Trinajstić information content (AvgIpc) is 2.66. The van der Waals surface area contributed by atoms with Crippen LogP contribution < -0.4 is 4.90 Å². The molecule has 1 nitrogen and oxygen atoms in total. The van der Waals surface area contributed by atoms with Crippen molar-refractivity contribution in [3.05, 3.63) is 54.6 Å². The van der Waals surface area contributed by atoms with E-state index in [-0.39, 0.29) is 5.41 Å². The molecule has 0 fully saturated rings. The van der Waals surface area contributed by atoms with Gasteiger partial charge in [0.1, 0.15) is 0 Å². The van der Waals surface area contributed by atoms with Crippen LogP contribution in [-0.4, -0.2) is 12.6 Å². The van der Waals surface area contributed by atoms with Crippen LogP contribution in [0.25, 0.3) is 0 Å². The van der Waals surface area contributed by atoms with Crippen LogP contribution in [-0.2, 0) is 5.41 Å². The van der Waals surface area contributed by atoms with Gasteiger partial charge in [0.2, 0.25) is 0 Å². The topological polar surface area (TPSA) is 3.24 Å². The van der Waals surface area contributed by atoms with Crippen molar-refractivity contribution in [2.75, 3.05) is 11.4 Å². The number of rotatable bonds is 6. The summed E-state index contributed by atoms with van der Waals surface area (Å²) in [6.45, 7) is 11.9. The number of unbranched alkanes of at least 4 members (excludes halogenated alkanes) is 2. The fraction of sp³-hybridized carbons (Fsp3) is 0.474. The lowest BCUT2D eigenvalue weighted by Crippen LogP contribution is -2.40. The summed E-state index contributed by atoms with van der Waals surface area (Å²) < 4.78 is 0. The maximum absolute atomic E-state index is 3.81. The van der Waals surface area contributed by atoms with E-state index in [0.29, 0.717) is 6.04 Å². The number of para-hydroxylation sites is 1. The zero-order valence-electron chi connectivity index (χ0n) is 13.1. The molecule has 2 rings (SSSR count). The lowest BCUT2D eigenvalue weighted by molar-refractivity contribution is 0.470. The first-order valence-electron chi connectivity index (χ1n) is 7.78. The molecule has 1 aromatic carbocycles. The third kappa shape index (κ3) is 2.67. The highest BCUT2D eigenvalue weighted by atomic mass is 15.2. The highest BCUT2D eigenvalue weighted by molar-refractivity contribution is 5.65. The molecule has 20 heavy (non-hydrogen) atoms. The van der Waals surface area contributed by atoms with Gasteiger partial charge in [-0.15, -0.1) is 0 Å². The van der Waals surface area contributed by atoms with Crippen molar-refractivity contribution in [1.82, 2.24) is 0 Å².